The van der Waals surface area contributed by atoms with E-state index in [2.05, 4.69) is 15.6 Å². The van der Waals surface area contributed by atoms with Gasteiger partial charge in [0.1, 0.15) is 17.4 Å². The van der Waals surface area contributed by atoms with Crippen molar-refractivity contribution in [3.63, 3.8) is 0 Å². The number of para-hydroxylation sites is 1. The third kappa shape index (κ3) is 4.31. The van der Waals surface area contributed by atoms with E-state index in [1.165, 1.54) is 4.57 Å². The summed E-state index contributed by atoms with van der Waals surface area (Å²) in [6.45, 7) is 1.58. The Hall–Kier alpha value is -3.56. The molecule has 0 bridgehead atoms. The first-order valence-corrected chi connectivity index (χ1v) is 9.15. The summed E-state index contributed by atoms with van der Waals surface area (Å²) in [5.74, 6) is -2.00. The van der Waals surface area contributed by atoms with Gasteiger partial charge in [0, 0.05) is 19.3 Å². The van der Waals surface area contributed by atoms with Gasteiger partial charge in [0.2, 0.25) is 17.7 Å². The number of piperidine rings is 1. The van der Waals surface area contributed by atoms with Gasteiger partial charge in [-0.05, 0) is 31.9 Å². The van der Waals surface area contributed by atoms with Crippen molar-refractivity contribution in [2.45, 2.75) is 45.1 Å². The Kier molecular flexibility index (Phi) is 5.71. The van der Waals surface area contributed by atoms with Gasteiger partial charge in [-0.3, -0.25) is 33.9 Å². The van der Waals surface area contributed by atoms with Gasteiger partial charge in [0.05, 0.1) is 11.1 Å². The van der Waals surface area contributed by atoms with Crippen LogP contribution in [0.3, 0.4) is 0 Å². The van der Waals surface area contributed by atoms with Gasteiger partial charge in [0.15, 0.2) is 0 Å². The van der Waals surface area contributed by atoms with Gasteiger partial charge in [0.25, 0.3) is 5.56 Å². The van der Waals surface area contributed by atoms with E-state index in [0.29, 0.717) is 5.69 Å². The number of carbonyl (C=O) groups excluding carboxylic acids is 3. The van der Waals surface area contributed by atoms with Crippen molar-refractivity contribution in [2.24, 2.45) is 0 Å². The molecule has 3 amide bonds. The van der Waals surface area contributed by atoms with Crippen molar-refractivity contribution in [2.75, 3.05) is 5.32 Å². The number of nitrogens with zero attached hydrogens (tertiary/aromatic N) is 2. The molecule has 152 valence electrons. The van der Waals surface area contributed by atoms with Crippen molar-refractivity contribution in [1.82, 2.24) is 14.9 Å². The van der Waals surface area contributed by atoms with Crippen LogP contribution in [0.5, 0.6) is 0 Å². The van der Waals surface area contributed by atoms with Gasteiger partial charge >= 0.3 is 5.97 Å². The van der Waals surface area contributed by atoms with E-state index in [-0.39, 0.29) is 60.6 Å². The normalized spacial score (nSPS) is 16.5. The zero-order valence-corrected chi connectivity index (χ0v) is 15.7. The molecule has 3 N–H and O–H groups in total. The maximum atomic E-state index is 13.0. The number of carbonyl (C=O) groups is 4. The molecule has 1 unspecified atom stereocenters. The topological polar surface area (TPSA) is 147 Å². The number of hydrogen-bond acceptors (Lipinski definition) is 6. The monoisotopic (exact) mass is 400 g/mol. The minimum Gasteiger partial charge on any atom is -0.481 e. The fraction of sp³-hybridized carbons (Fsp3) is 0.368. The number of anilines is 1. The molecular formula is C19H20N4O6. The van der Waals surface area contributed by atoms with Crippen LogP contribution >= 0.6 is 0 Å². The van der Waals surface area contributed by atoms with Crippen molar-refractivity contribution in [3.8, 4) is 0 Å². The number of imide groups is 1. The van der Waals surface area contributed by atoms with E-state index in [4.69, 9.17) is 5.11 Å². The van der Waals surface area contributed by atoms with Crippen LogP contribution in [0.15, 0.2) is 23.0 Å². The number of aromatic nitrogens is 2. The van der Waals surface area contributed by atoms with Gasteiger partial charge in [-0.25, -0.2) is 4.98 Å². The Morgan fingerprint density at radius 3 is 2.72 bits per heavy atom. The lowest BCUT2D eigenvalue weighted by atomic mass is 10.1. The van der Waals surface area contributed by atoms with Crippen LogP contribution < -0.4 is 16.2 Å². The fourth-order valence-electron chi connectivity index (χ4n) is 3.34. The minimum atomic E-state index is -0.978. The Bertz CT molecular complexity index is 1070. The standard InChI is InChI=1S/C19H20N4O6/c1-10-20-17-11(19(29)23(10)13-8-9-15(25)22-18(13)28)4-2-5-12(17)21-14(24)6-3-7-16(26)27/h2,4-5,13H,3,6-9H2,1H3,(H,21,24)(H,26,27)(H,22,25,28). The molecule has 1 atom stereocenters. The zero-order valence-electron chi connectivity index (χ0n) is 15.7. The molecule has 0 saturated carbocycles. The number of rotatable bonds is 6. The molecule has 1 aromatic carbocycles. The largest absolute Gasteiger partial charge is 0.481 e. The molecular weight excluding hydrogens is 380 g/mol. The molecule has 0 radical (unpaired) electrons. The lowest BCUT2D eigenvalue weighted by Crippen LogP contribution is -2.45. The molecule has 1 aliphatic rings. The maximum absolute atomic E-state index is 13.0. The molecule has 1 saturated heterocycles. The number of nitrogens with one attached hydrogen (secondary N) is 2. The smallest absolute Gasteiger partial charge is 0.303 e. The predicted octanol–water partition coefficient (Wildman–Crippen LogP) is 0.876. The Balaban J connectivity index is 1.93. The quantitative estimate of drug-likeness (QED) is 0.610. The lowest BCUT2D eigenvalue weighted by molar-refractivity contribution is -0.138. The molecule has 0 spiro atoms. The fourth-order valence-corrected chi connectivity index (χ4v) is 3.34. The first-order chi connectivity index (χ1) is 13.8. The summed E-state index contributed by atoms with van der Waals surface area (Å²) < 4.78 is 1.27. The van der Waals surface area contributed by atoms with E-state index >= 15 is 0 Å². The van der Waals surface area contributed by atoms with Crippen molar-refractivity contribution in [1.29, 1.82) is 0 Å². The number of fused-ring (bicyclic) bond motifs is 1. The van der Waals surface area contributed by atoms with Crippen molar-refractivity contribution in [3.05, 3.63) is 34.4 Å². The van der Waals surface area contributed by atoms with E-state index in [1.54, 1.807) is 25.1 Å². The molecule has 3 rings (SSSR count). The maximum Gasteiger partial charge on any atom is 0.303 e. The molecule has 1 aliphatic heterocycles. The summed E-state index contributed by atoms with van der Waals surface area (Å²) in [6, 6.07) is 3.90. The molecule has 1 fully saturated rings. The summed E-state index contributed by atoms with van der Waals surface area (Å²) in [4.78, 5) is 63.7. The number of aliphatic carboxylic acids is 1. The second kappa shape index (κ2) is 8.21. The molecule has 0 aliphatic carbocycles. The van der Waals surface area contributed by atoms with Crippen LogP contribution in [-0.4, -0.2) is 38.3 Å². The van der Waals surface area contributed by atoms with E-state index < -0.39 is 23.5 Å². The average molecular weight is 400 g/mol. The average Bonchev–Trinajstić information content (AvgIpc) is 2.64. The Morgan fingerprint density at radius 1 is 1.28 bits per heavy atom. The summed E-state index contributed by atoms with van der Waals surface area (Å²) in [7, 11) is 0. The highest BCUT2D eigenvalue weighted by Crippen LogP contribution is 2.23. The first kappa shape index (κ1) is 20.2. The number of amides is 3. The number of benzene rings is 1. The molecule has 10 nitrogen and oxygen atoms in total. The van der Waals surface area contributed by atoms with Gasteiger partial charge in [-0.1, -0.05) is 6.07 Å². The second-order valence-corrected chi connectivity index (χ2v) is 6.80. The third-order valence-electron chi connectivity index (χ3n) is 4.70. The van der Waals surface area contributed by atoms with Crippen LogP contribution in [0, 0.1) is 6.92 Å². The molecule has 2 aromatic rings. The second-order valence-electron chi connectivity index (χ2n) is 6.80. The summed E-state index contributed by atoms with van der Waals surface area (Å²) in [5, 5.41) is 13.8. The lowest BCUT2D eigenvalue weighted by Gasteiger charge is -2.24. The molecule has 1 aromatic heterocycles. The molecule has 2 heterocycles. The SMILES string of the molecule is Cc1nc2c(NC(=O)CCCC(=O)O)cccc2c(=O)n1C1CCC(=O)NC1=O. The highest BCUT2D eigenvalue weighted by molar-refractivity contribution is 6.01. The van der Waals surface area contributed by atoms with Gasteiger partial charge < -0.3 is 10.4 Å². The summed E-state index contributed by atoms with van der Waals surface area (Å²) in [5.41, 5.74) is 0.174. The number of carboxylic acid groups (broad SMARTS) is 1. The van der Waals surface area contributed by atoms with E-state index in [9.17, 15) is 24.0 Å². The molecule has 10 heteroatoms. The summed E-state index contributed by atoms with van der Waals surface area (Å²) >= 11 is 0. The number of hydrogen-bond donors (Lipinski definition) is 3. The van der Waals surface area contributed by atoms with E-state index in [1.807, 2.05) is 0 Å². The predicted molar refractivity (Wildman–Crippen MR) is 102 cm³/mol. The van der Waals surface area contributed by atoms with Crippen LogP contribution in [0.2, 0.25) is 0 Å². The van der Waals surface area contributed by atoms with Crippen LogP contribution in [0.25, 0.3) is 10.9 Å². The van der Waals surface area contributed by atoms with Gasteiger partial charge in [-0.15, -0.1) is 0 Å². The number of aryl methyl sites for hydroxylation is 1. The number of carboxylic acids is 1. The summed E-state index contributed by atoms with van der Waals surface area (Å²) in [6.07, 6.45) is 0.443. The van der Waals surface area contributed by atoms with Crippen LogP contribution in [0.1, 0.15) is 44.0 Å². The van der Waals surface area contributed by atoms with Crippen molar-refractivity contribution >= 4 is 40.3 Å². The highest BCUT2D eigenvalue weighted by atomic mass is 16.4. The minimum absolute atomic E-state index is 0.0228. The first-order valence-electron chi connectivity index (χ1n) is 9.15. The van der Waals surface area contributed by atoms with E-state index in [0.717, 1.165) is 0 Å². The van der Waals surface area contributed by atoms with Crippen molar-refractivity contribution < 1.29 is 24.3 Å². The molecule has 29 heavy (non-hydrogen) atoms. The van der Waals surface area contributed by atoms with Crippen LogP contribution in [0.4, 0.5) is 5.69 Å². The Morgan fingerprint density at radius 2 is 2.03 bits per heavy atom. The van der Waals surface area contributed by atoms with Crippen LogP contribution in [-0.2, 0) is 19.2 Å². The van der Waals surface area contributed by atoms with Gasteiger partial charge in [-0.2, -0.15) is 0 Å². The highest BCUT2D eigenvalue weighted by Gasteiger charge is 2.30. The Labute approximate surface area is 164 Å². The zero-order chi connectivity index (χ0) is 21.1. The third-order valence-corrected chi connectivity index (χ3v) is 4.70.